The summed E-state index contributed by atoms with van der Waals surface area (Å²) in [6, 6.07) is 21.3. The Hall–Kier alpha value is -3.33. The molecule has 1 N–H and O–H groups in total. The van der Waals surface area contributed by atoms with Gasteiger partial charge in [0.2, 0.25) is 0 Å². The molecule has 1 aromatic heterocycles. The fraction of sp³-hybridized carbons (Fsp3) is 0.346. The van der Waals surface area contributed by atoms with Gasteiger partial charge in [0, 0.05) is 58.1 Å². The van der Waals surface area contributed by atoms with Crippen LogP contribution in [0.2, 0.25) is 0 Å². The molecule has 2 heterocycles. The molecule has 178 valence electrons. The number of carbonyl (C=O) groups excluding carboxylic acids is 1. The standard InChI is InChI=1S/C26H31N5O3/c1-34-18-17-31-25(32)12-11-24(28-31)26(33)27-23-9-7-22(8-10-23)20-30-15-13-29(14-16-30)19-21-5-3-2-4-6-21/h2-12H,13-20H2,1H3,(H,27,33). The van der Waals surface area contributed by atoms with Gasteiger partial charge in [0.15, 0.2) is 0 Å². The molecule has 4 rings (SSSR count). The molecular formula is C26H31N5O3. The second-order valence-corrected chi connectivity index (χ2v) is 8.46. The molecule has 8 nitrogen and oxygen atoms in total. The van der Waals surface area contributed by atoms with E-state index in [1.807, 2.05) is 24.3 Å². The summed E-state index contributed by atoms with van der Waals surface area (Å²) < 4.78 is 6.22. The van der Waals surface area contributed by atoms with Crippen molar-refractivity contribution in [1.29, 1.82) is 0 Å². The number of methoxy groups -OCH3 is 1. The van der Waals surface area contributed by atoms with Crippen molar-refractivity contribution in [2.75, 3.05) is 45.2 Å². The van der Waals surface area contributed by atoms with Gasteiger partial charge < -0.3 is 10.1 Å². The molecule has 0 spiro atoms. The lowest BCUT2D eigenvalue weighted by atomic mass is 10.1. The van der Waals surface area contributed by atoms with Gasteiger partial charge in [-0.2, -0.15) is 5.10 Å². The summed E-state index contributed by atoms with van der Waals surface area (Å²) in [4.78, 5) is 29.4. The predicted molar refractivity (Wildman–Crippen MR) is 132 cm³/mol. The number of benzene rings is 2. The van der Waals surface area contributed by atoms with Crippen LogP contribution in [-0.4, -0.2) is 65.4 Å². The number of ether oxygens (including phenoxy) is 1. The minimum absolute atomic E-state index is 0.188. The molecule has 34 heavy (non-hydrogen) atoms. The zero-order valence-electron chi connectivity index (χ0n) is 19.5. The summed E-state index contributed by atoms with van der Waals surface area (Å²) in [6.07, 6.45) is 0. The number of hydrogen-bond acceptors (Lipinski definition) is 6. The smallest absolute Gasteiger partial charge is 0.276 e. The number of carbonyl (C=O) groups is 1. The molecule has 1 aliphatic rings. The molecule has 0 aliphatic carbocycles. The number of amides is 1. The van der Waals surface area contributed by atoms with Gasteiger partial charge in [-0.1, -0.05) is 42.5 Å². The van der Waals surface area contributed by atoms with Gasteiger partial charge in [-0.3, -0.25) is 19.4 Å². The van der Waals surface area contributed by atoms with Gasteiger partial charge in [0.25, 0.3) is 11.5 Å². The number of piperazine rings is 1. The Labute approximate surface area is 199 Å². The van der Waals surface area contributed by atoms with Crippen molar-refractivity contribution in [1.82, 2.24) is 19.6 Å². The Balaban J connectivity index is 1.27. The predicted octanol–water partition coefficient (Wildman–Crippen LogP) is 2.46. The highest BCUT2D eigenvalue weighted by Gasteiger charge is 2.17. The molecule has 2 aromatic carbocycles. The van der Waals surface area contributed by atoms with Crippen LogP contribution in [0.4, 0.5) is 5.69 Å². The van der Waals surface area contributed by atoms with Gasteiger partial charge >= 0.3 is 0 Å². The summed E-state index contributed by atoms with van der Waals surface area (Å²) >= 11 is 0. The molecule has 1 fully saturated rings. The molecule has 8 heteroatoms. The van der Waals surface area contributed by atoms with Crippen LogP contribution in [0, 0.1) is 0 Å². The van der Waals surface area contributed by atoms with Crippen LogP contribution in [0.1, 0.15) is 21.6 Å². The van der Waals surface area contributed by atoms with Crippen LogP contribution in [0.3, 0.4) is 0 Å². The van der Waals surface area contributed by atoms with E-state index in [4.69, 9.17) is 4.74 Å². The average Bonchev–Trinajstić information content (AvgIpc) is 2.86. The van der Waals surface area contributed by atoms with Crippen LogP contribution in [0.5, 0.6) is 0 Å². The van der Waals surface area contributed by atoms with E-state index in [9.17, 15) is 9.59 Å². The van der Waals surface area contributed by atoms with E-state index >= 15 is 0 Å². The minimum atomic E-state index is -0.353. The molecule has 0 radical (unpaired) electrons. The van der Waals surface area contributed by atoms with Crippen LogP contribution >= 0.6 is 0 Å². The third-order valence-electron chi connectivity index (χ3n) is 5.94. The van der Waals surface area contributed by atoms with Crippen LogP contribution in [0.15, 0.2) is 71.5 Å². The first kappa shape index (κ1) is 23.8. The van der Waals surface area contributed by atoms with Crippen molar-refractivity contribution in [2.24, 2.45) is 0 Å². The molecule has 1 amide bonds. The number of anilines is 1. The van der Waals surface area contributed by atoms with E-state index < -0.39 is 0 Å². The Morgan fingerprint density at radius 2 is 1.50 bits per heavy atom. The molecule has 0 bridgehead atoms. The fourth-order valence-electron chi connectivity index (χ4n) is 4.00. The SMILES string of the molecule is COCCn1nc(C(=O)Nc2ccc(CN3CCN(Cc4ccccc4)CC3)cc2)ccc1=O. The van der Waals surface area contributed by atoms with Crippen LogP contribution in [-0.2, 0) is 24.4 Å². The topological polar surface area (TPSA) is 79.7 Å². The summed E-state index contributed by atoms with van der Waals surface area (Å²) in [7, 11) is 1.55. The van der Waals surface area contributed by atoms with Gasteiger partial charge in [-0.05, 0) is 29.3 Å². The summed E-state index contributed by atoms with van der Waals surface area (Å²) in [5.74, 6) is -0.353. The number of aromatic nitrogens is 2. The summed E-state index contributed by atoms with van der Waals surface area (Å²) in [5.41, 5.74) is 3.18. The van der Waals surface area contributed by atoms with Gasteiger partial charge in [0.1, 0.15) is 5.69 Å². The van der Waals surface area contributed by atoms with Crippen molar-refractivity contribution < 1.29 is 9.53 Å². The maximum absolute atomic E-state index is 12.6. The molecule has 3 aromatic rings. The second kappa shape index (κ2) is 11.7. The Kier molecular flexibility index (Phi) is 8.19. The van der Waals surface area contributed by atoms with E-state index in [2.05, 4.69) is 50.5 Å². The number of nitrogens with zero attached hydrogens (tertiary/aromatic N) is 4. The van der Waals surface area contributed by atoms with E-state index in [-0.39, 0.29) is 17.2 Å². The maximum Gasteiger partial charge on any atom is 0.276 e. The molecule has 0 atom stereocenters. The van der Waals surface area contributed by atoms with Gasteiger partial charge in [0.05, 0.1) is 13.2 Å². The average molecular weight is 462 g/mol. The van der Waals surface area contributed by atoms with Crippen LogP contribution in [0.25, 0.3) is 0 Å². The number of hydrogen-bond donors (Lipinski definition) is 1. The summed E-state index contributed by atoms with van der Waals surface area (Å²) in [5, 5.41) is 6.99. The van der Waals surface area contributed by atoms with E-state index in [0.717, 1.165) is 39.3 Å². The van der Waals surface area contributed by atoms with Crippen molar-refractivity contribution >= 4 is 11.6 Å². The maximum atomic E-state index is 12.6. The first-order valence-corrected chi connectivity index (χ1v) is 11.6. The molecular weight excluding hydrogens is 430 g/mol. The van der Waals surface area contributed by atoms with Crippen molar-refractivity contribution in [3.63, 3.8) is 0 Å². The number of nitrogens with one attached hydrogen (secondary N) is 1. The third-order valence-corrected chi connectivity index (χ3v) is 5.94. The first-order chi connectivity index (χ1) is 16.6. The molecule has 0 saturated carbocycles. The molecule has 1 saturated heterocycles. The van der Waals surface area contributed by atoms with Gasteiger partial charge in [-0.15, -0.1) is 0 Å². The number of rotatable bonds is 9. The Morgan fingerprint density at radius 1 is 0.882 bits per heavy atom. The molecule has 1 aliphatic heterocycles. The van der Waals surface area contributed by atoms with Crippen molar-refractivity contribution in [2.45, 2.75) is 19.6 Å². The lowest BCUT2D eigenvalue weighted by molar-refractivity contribution is 0.101. The lowest BCUT2D eigenvalue weighted by Gasteiger charge is -2.34. The van der Waals surface area contributed by atoms with E-state index in [1.165, 1.54) is 27.9 Å². The van der Waals surface area contributed by atoms with Crippen molar-refractivity contribution in [3.8, 4) is 0 Å². The second-order valence-electron chi connectivity index (χ2n) is 8.46. The first-order valence-electron chi connectivity index (χ1n) is 11.6. The van der Waals surface area contributed by atoms with E-state index in [0.29, 0.717) is 18.8 Å². The van der Waals surface area contributed by atoms with Gasteiger partial charge in [-0.25, -0.2) is 4.68 Å². The largest absolute Gasteiger partial charge is 0.383 e. The Bertz CT molecular complexity index is 1120. The highest BCUT2D eigenvalue weighted by atomic mass is 16.5. The normalized spacial score (nSPS) is 14.7. The zero-order valence-corrected chi connectivity index (χ0v) is 19.5. The highest BCUT2D eigenvalue weighted by Crippen LogP contribution is 2.15. The third kappa shape index (κ3) is 6.60. The summed E-state index contributed by atoms with van der Waals surface area (Å²) in [6.45, 7) is 6.73. The fourth-order valence-corrected chi connectivity index (χ4v) is 4.00. The minimum Gasteiger partial charge on any atom is -0.383 e. The van der Waals surface area contributed by atoms with E-state index in [1.54, 1.807) is 7.11 Å². The monoisotopic (exact) mass is 461 g/mol. The van der Waals surface area contributed by atoms with Crippen LogP contribution < -0.4 is 10.9 Å². The molecule has 0 unspecified atom stereocenters. The quantitative estimate of drug-likeness (QED) is 0.527. The Morgan fingerprint density at radius 3 is 2.12 bits per heavy atom. The highest BCUT2D eigenvalue weighted by molar-refractivity contribution is 6.02. The zero-order chi connectivity index (χ0) is 23.8. The van der Waals surface area contributed by atoms with Crippen molar-refractivity contribution in [3.05, 3.63) is 93.9 Å². The lowest BCUT2D eigenvalue weighted by Crippen LogP contribution is -2.45.